The normalized spacial score (nSPS) is 10.7. The van der Waals surface area contributed by atoms with Crippen molar-refractivity contribution in [3.63, 3.8) is 0 Å². The van der Waals surface area contributed by atoms with Crippen molar-refractivity contribution >= 4 is 17.5 Å². The van der Waals surface area contributed by atoms with Crippen LogP contribution in [-0.2, 0) is 13.1 Å². The van der Waals surface area contributed by atoms with Crippen molar-refractivity contribution in [2.45, 2.75) is 13.1 Å². The van der Waals surface area contributed by atoms with E-state index in [1.54, 1.807) is 31.3 Å². The van der Waals surface area contributed by atoms with Gasteiger partial charge in [-0.1, -0.05) is 35.0 Å². The Morgan fingerprint density at radius 3 is 2.85 bits per heavy atom. The Balaban J connectivity index is 1.68. The van der Waals surface area contributed by atoms with Gasteiger partial charge in [-0.25, -0.2) is 9.07 Å². The molecule has 0 spiro atoms. The van der Waals surface area contributed by atoms with Crippen molar-refractivity contribution in [1.82, 2.24) is 19.9 Å². The van der Waals surface area contributed by atoms with Gasteiger partial charge in [-0.15, -0.1) is 5.10 Å². The summed E-state index contributed by atoms with van der Waals surface area (Å²) in [5, 5.41) is 8.20. The van der Waals surface area contributed by atoms with Crippen LogP contribution in [0, 0.1) is 5.82 Å². The number of carbonyl (C=O) groups is 1. The lowest BCUT2D eigenvalue weighted by molar-refractivity contribution is 0.0779. The van der Waals surface area contributed by atoms with Crippen LogP contribution in [0.1, 0.15) is 21.6 Å². The number of hydrogen-bond donors (Lipinski definition) is 0. The summed E-state index contributed by atoms with van der Waals surface area (Å²) in [7, 11) is 3.29. The molecule has 3 aromatic rings. The monoisotopic (exact) mass is 388 g/mol. The van der Waals surface area contributed by atoms with E-state index in [2.05, 4.69) is 10.3 Å². The van der Waals surface area contributed by atoms with Crippen LogP contribution in [-0.4, -0.2) is 40.0 Å². The zero-order chi connectivity index (χ0) is 19.4. The minimum atomic E-state index is -0.405. The Hall–Kier alpha value is -2.93. The lowest BCUT2D eigenvalue weighted by Gasteiger charge is -2.16. The van der Waals surface area contributed by atoms with Crippen LogP contribution in [0.2, 0.25) is 5.02 Å². The maximum absolute atomic E-state index is 13.1. The molecular weight excluding hydrogens is 371 g/mol. The minimum absolute atomic E-state index is 0.221. The van der Waals surface area contributed by atoms with E-state index in [0.717, 1.165) is 11.3 Å². The Bertz CT molecular complexity index is 960. The van der Waals surface area contributed by atoms with E-state index in [-0.39, 0.29) is 11.6 Å². The molecule has 0 aliphatic rings. The van der Waals surface area contributed by atoms with Gasteiger partial charge < -0.3 is 9.64 Å². The van der Waals surface area contributed by atoms with Crippen LogP contribution in [0.5, 0.6) is 5.75 Å². The lowest BCUT2D eigenvalue weighted by Crippen LogP contribution is -2.26. The van der Waals surface area contributed by atoms with E-state index < -0.39 is 5.82 Å². The number of rotatable bonds is 6. The topological polar surface area (TPSA) is 60.2 Å². The van der Waals surface area contributed by atoms with E-state index in [0.29, 0.717) is 23.7 Å². The van der Waals surface area contributed by atoms with E-state index in [1.807, 2.05) is 24.3 Å². The number of carbonyl (C=O) groups excluding carboxylic acids is 1. The minimum Gasteiger partial charge on any atom is -0.497 e. The summed E-state index contributed by atoms with van der Waals surface area (Å²) in [4.78, 5) is 14.1. The Morgan fingerprint density at radius 2 is 2.11 bits per heavy atom. The van der Waals surface area contributed by atoms with E-state index in [9.17, 15) is 9.18 Å². The first-order valence-electron chi connectivity index (χ1n) is 8.18. The molecule has 140 valence electrons. The first-order chi connectivity index (χ1) is 13.0. The first kappa shape index (κ1) is 18.8. The van der Waals surface area contributed by atoms with E-state index in [4.69, 9.17) is 16.3 Å². The van der Waals surface area contributed by atoms with Crippen LogP contribution < -0.4 is 4.74 Å². The third-order valence-corrected chi connectivity index (χ3v) is 4.36. The molecule has 27 heavy (non-hydrogen) atoms. The van der Waals surface area contributed by atoms with Gasteiger partial charge in [0.1, 0.15) is 11.6 Å². The molecule has 0 aliphatic carbocycles. The van der Waals surface area contributed by atoms with Gasteiger partial charge in [0.05, 0.1) is 19.9 Å². The number of nitrogens with zero attached hydrogens (tertiary/aromatic N) is 4. The molecule has 0 aliphatic heterocycles. The maximum Gasteiger partial charge on any atom is 0.276 e. The van der Waals surface area contributed by atoms with Crippen LogP contribution in [0.4, 0.5) is 4.39 Å². The second-order valence-corrected chi connectivity index (χ2v) is 6.46. The van der Waals surface area contributed by atoms with E-state index in [1.165, 1.54) is 16.8 Å². The molecule has 0 N–H and O–H groups in total. The second-order valence-electron chi connectivity index (χ2n) is 6.05. The van der Waals surface area contributed by atoms with E-state index >= 15 is 0 Å². The maximum atomic E-state index is 13.1. The zero-order valence-electron chi connectivity index (χ0n) is 14.9. The van der Waals surface area contributed by atoms with Gasteiger partial charge in [0.25, 0.3) is 5.91 Å². The summed E-state index contributed by atoms with van der Waals surface area (Å²) in [6.45, 7) is 0.700. The summed E-state index contributed by atoms with van der Waals surface area (Å²) in [5.41, 5.74) is 1.85. The van der Waals surface area contributed by atoms with Crippen molar-refractivity contribution in [3.05, 3.63) is 76.3 Å². The van der Waals surface area contributed by atoms with Gasteiger partial charge in [-0.2, -0.15) is 0 Å². The molecule has 0 saturated carbocycles. The molecule has 6 nitrogen and oxygen atoms in total. The van der Waals surface area contributed by atoms with Gasteiger partial charge in [0.15, 0.2) is 5.69 Å². The Kier molecular flexibility index (Phi) is 5.71. The quantitative estimate of drug-likeness (QED) is 0.649. The molecule has 3 rings (SSSR count). The van der Waals surface area contributed by atoms with Crippen LogP contribution in [0.15, 0.2) is 48.7 Å². The average molecular weight is 389 g/mol. The fraction of sp³-hybridized carbons (Fsp3) is 0.211. The van der Waals surface area contributed by atoms with Gasteiger partial charge in [0, 0.05) is 18.6 Å². The average Bonchev–Trinajstić information content (AvgIpc) is 3.12. The third-order valence-electron chi connectivity index (χ3n) is 4.01. The number of amides is 1. The number of methoxy groups -OCH3 is 1. The predicted octanol–water partition coefficient (Wildman–Crippen LogP) is 3.40. The Labute approximate surface area is 161 Å². The van der Waals surface area contributed by atoms with Crippen molar-refractivity contribution in [2.24, 2.45) is 0 Å². The Morgan fingerprint density at radius 1 is 1.30 bits per heavy atom. The fourth-order valence-electron chi connectivity index (χ4n) is 2.61. The largest absolute Gasteiger partial charge is 0.497 e. The summed E-state index contributed by atoms with van der Waals surface area (Å²) < 4.78 is 19.8. The molecule has 0 atom stereocenters. The standard InChI is InChI=1S/C19H18ClFN4O2/c1-24(10-13-4-3-5-16(8-13)27-2)19(26)18-12-25(23-22-18)11-14-6-7-15(21)9-17(14)20/h3-9,12H,10-11H2,1-2H3. The summed E-state index contributed by atoms with van der Waals surface area (Å²) >= 11 is 6.03. The van der Waals surface area contributed by atoms with Crippen LogP contribution in [0.25, 0.3) is 0 Å². The summed E-state index contributed by atoms with van der Waals surface area (Å²) in [6, 6.07) is 11.6. The van der Waals surface area contributed by atoms with Gasteiger partial charge in [-0.3, -0.25) is 4.79 Å². The predicted molar refractivity (Wildman–Crippen MR) is 99.3 cm³/mol. The number of benzene rings is 2. The molecule has 0 unspecified atom stereocenters. The SMILES string of the molecule is COc1cccc(CN(C)C(=O)c2cn(Cc3ccc(F)cc3Cl)nn2)c1. The molecule has 2 aromatic carbocycles. The number of halogens is 2. The van der Waals surface area contributed by atoms with Gasteiger partial charge in [-0.05, 0) is 35.4 Å². The second kappa shape index (κ2) is 8.18. The van der Waals surface area contributed by atoms with Crippen molar-refractivity contribution in [2.75, 3.05) is 14.2 Å². The zero-order valence-corrected chi connectivity index (χ0v) is 15.7. The highest BCUT2D eigenvalue weighted by molar-refractivity contribution is 6.31. The first-order valence-corrected chi connectivity index (χ1v) is 8.56. The van der Waals surface area contributed by atoms with Crippen molar-refractivity contribution in [3.8, 4) is 5.75 Å². The molecule has 0 saturated heterocycles. The smallest absolute Gasteiger partial charge is 0.276 e. The molecule has 1 amide bonds. The van der Waals surface area contributed by atoms with Crippen LogP contribution >= 0.6 is 11.6 Å². The highest BCUT2D eigenvalue weighted by atomic mass is 35.5. The van der Waals surface area contributed by atoms with Gasteiger partial charge in [0.2, 0.25) is 0 Å². The lowest BCUT2D eigenvalue weighted by atomic mass is 10.2. The van der Waals surface area contributed by atoms with Crippen molar-refractivity contribution < 1.29 is 13.9 Å². The summed E-state index contributed by atoms with van der Waals surface area (Å²) in [6.07, 6.45) is 1.55. The number of aromatic nitrogens is 3. The molecule has 0 radical (unpaired) electrons. The van der Waals surface area contributed by atoms with Crippen molar-refractivity contribution in [1.29, 1.82) is 0 Å². The molecule has 1 heterocycles. The highest BCUT2D eigenvalue weighted by Crippen LogP contribution is 2.18. The number of hydrogen-bond acceptors (Lipinski definition) is 4. The third kappa shape index (κ3) is 4.62. The molecule has 1 aromatic heterocycles. The number of ether oxygens (including phenoxy) is 1. The molecule has 0 fully saturated rings. The molecular formula is C19H18ClFN4O2. The highest BCUT2D eigenvalue weighted by Gasteiger charge is 2.17. The molecule has 8 heteroatoms. The summed E-state index contributed by atoms with van der Waals surface area (Å²) in [5.74, 6) is 0.0714. The fourth-order valence-corrected chi connectivity index (χ4v) is 2.84. The van der Waals surface area contributed by atoms with Crippen LogP contribution in [0.3, 0.4) is 0 Å². The molecule has 0 bridgehead atoms. The van der Waals surface area contributed by atoms with Gasteiger partial charge >= 0.3 is 0 Å².